The molecule has 0 N–H and O–H groups in total. The van der Waals surface area contributed by atoms with Gasteiger partial charge < -0.3 is 0 Å². The zero-order chi connectivity index (χ0) is 20.3. The van der Waals surface area contributed by atoms with Crippen molar-refractivity contribution in [2.24, 2.45) is 0 Å². The fourth-order valence-electron chi connectivity index (χ4n) is 4.07. The van der Waals surface area contributed by atoms with Gasteiger partial charge in [0.2, 0.25) is 5.69 Å². The van der Waals surface area contributed by atoms with Crippen LogP contribution in [0.15, 0.2) is 115 Å². The summed E-state index contributed by atoms with van der Waals surface area (Å²) >= 11 is 6.44. The van der Waals surface area contributed by atoms with E-state index in [0.717, 1.165) is 17.0 Å². The molecule has 0 aliphatic heterocycles. The van der Waals surface area contributed by atoms with Gasteiger partial charge in [0.1, 0.15) is 0 Å². The molecule has 0 fully saturated rings. The molecule has 1 nitrogen and oxygen atoms in total. The third-order valence-electron chi connectivity index (χ3n) is 5.41. The summed E-state index contributed by atoms with van der Waals surface area (Å²) < 4.78 is 2.36. The lowest BCUT2D eigenvalue weighted by molar-refractivity contribution is -0.675. The predicted octanol–water partition coefficient (Wildman–Crippen LogP) is 7.16. The predicted molar refractivity (Wildman–Crippen MR) is 126 cm³/mol. The van der Waals surface area contributed by atoms with Crippen molar-refractivity contribution in [1.82, 2.24) is 0 Å². The molecule has 5 rings (SSSR count). The van der Waals surface area contributed by atoms with E-state index in [2.05, 4.69) is 114 Å². The minimum absolute atomic E-state index is 0.750. The lowest BCUT2D eigenvalue weighted by Gasteiger charge is -2.14. The first-order chi connectivity index (χ1) is 14.8. The van der Waals surface area contributed by atoms with Gasteiger partial charge in [-0.15, -0.1) is 0 Å². The fourth-order valence-corrected chi connectivity index (χ4v) is 4.24. The molecule has 0 saturated carbocycles. The molecule has 144 valence electrons. The summed E-state index contributed by atoms with van der Waals surface area (Å²) in [6.07, 6.45) is 2.24. The van der Waals surface area contributed by atoms with Crippen molar-refractivity contribution in [3.05, 3.63) is 126 Å². The number of rotatable bonds is 4. The van der Waals surface area contributed by atoms with Crippen LogP contribution in [0, 0.1) is 0 Å². The van der Waals surface area contributed by atoms with Gasteiger partial charge in [-0.05, 0) is 35.9 Å². The number of benzene rings is 4. The third-order valence-corrected chi connectivity index (χ3v) is 5.64. The second kappa shape index (κ2) is 8.14. The second-order valence-corrected chi connectivity index (χ2v) is 7.87. The van der Waals surface area contributed by atoms with Gasteiger partial charge in [0, 0.05) is 26.9 Å². The number of hydrogen-bond acceptors (Lipinski definition) is 0. The van der Waals surface area contributed by atoms with E-state index in [0.29, 0.717) is 0 Å². The number of fused-ring (bicyclic) bond motifs is 1. The Labute approximate surface area is 181 Å². The number of pyridine rings is 1. The molecule has 0 spiro atoms. The Morgan fingerprint density at radius 3 is 1.90 bits per heavy atom. The summed E-state index contributed by atoms with van der Waals surface area (Å²) in [5.74, 6) is 0. The van der Waals surface area contributed by atoms with Crippen LogP contribution in [0.5, 0.6) is 0 Å². The van der Waals surface area contributed by atoms with Crippen LogP contribution in [0.3, 0.4) is 0 Å². The monoisotopic (exact) mass is 406 g/mol. The van der Waals surface area contributed by atoms with Gasteiger partial charge in [-0.25, -0.2) is 0 Å². The highest BCUT2D eigenvalue weighted by molar-refractivity contribution is 6.31. The molecule has 0 aliphatic rings. The quantitative estimate of drug-likeness (QED) is 0.279. The van der Waals surface area contributed by atoms with E-state index >= 15 is 0 Å². The van der Waals surface area contributed by atoms with Crippen LogP contribution in [0.4, 0.5) is 0 Å². The van der Waals surface area contributed by atoms with Crippen LogP contribution < -0.4 is 4.57 Å². The Morgan fingerprint density at radius 2 is 1.23 bits per heavy atom. The maximum absolute atomic E-state index is 6.44. The summed E-state index contributed by atoms with van der Waals surface area (Å²) in [4.78, 5) is 0. The maximum atomic E-state index is 6.44. The van der Waals surface area contributed by atoms with Crippen LogP contribution >= 0.6 is 11.6 Å². The van der Waals surface area contributed by atoms with E-state index in [1.165, 1.54) is 33.3 Å². The van der Waals surface area contributed by atoms with E-state index in [-0.39, 0.29) is 0 Å². The lowest BCUT2D eigenvalue weighted by atomic mass is 9.93. The van der Waals surface area contributed by atoms with E-state index in [1.54, 1.807) is 0 Å². The Morgan fingerprint density at radius 1 is 0.633 bits per heavy atom. The highest BCUT2D eigenvalue weighted by atomic mass is 35.5. The van der Waals surface area contributed by atoms with E-state index in [1.807, 2.05) is 6.07 Å². The molecule has 4 aromatic carbocycles. The summed E-state index contributed by atoms with van der Waals surface area (Å²) in [5.41, 5.74) is 6.05. The Bertz CT molecular complexity index is 1300. The highest BCUT2D eigenvalue weighted by Crippen LogP contribution is 2.36. The van der Waals surface area contributed by atoms with Crippen LogP contribution in [-0.4, -0.2) is 0 Å². The van der Waals surface area contributed by atoms with Gasteiger partial charge in [0.25, 0.3) is 0 Å². The zero-order valence-electron chi connectivity index (χ0n) is 16.5. The molecular formula is C28H21ClN+. The van der Waals surface area contributed by atoms with Gasteiger partial charge in [-0.3, -0.25) is 0 Å². The highest BCUT2D eigenvalue weighted by Gasteiger charge is 2.24. The standard InChI is InChI=1S/C28H21ClN/c29-25-17-16-24-20-30(19-21-10-4-1-5-11-21)28(23-14-8-3-9-15-23)27(26(24)18-25)22-12-6-2-7-13-22/h1-18,20H,19H2/q+1. The minimum atomic E-state index is 0.750. The average Bonchev–Trinajstić information content (AvgIpc) is 2.80. The lowest BCUT2D eigenvalue weighted by Crippen LogP contribution is -2.37. The zero-order valence-corrected chi connectivity index (χ0v) is 17.3. The molecule has 1 heterocycles. The largest absolute Gasteiger partial charge is 0.221 e. The van der Waals surface area contributed by atoms with Gasteiger partial charge in [0.15, 0.2) is 12.7 Å². The summed E-state index contributed by atoms with van der Waals surface area (Å²) in [6, 6.07) is 38.0. The third kappa shape index (κ3) is 3.60. The number of halogens is 1. The first-order valence-corrected chi connectivity index (χ1v) is 10.5. The maximum Gasteiger partial charge on any atom is 0.221 e. The fraction of sp³-hybridized carbons (Fsp3) is 0.0357. The van der Waals surface area contributed by atoms with E-state index < -0.39 is 0 Å². The second-order valence-electron chi connectivity index (χ2n) is 7.43. The van der Waals surface area contributed by atoms with Crippen LogP contribution in [0.1, 0.15) is 5.56 Å². The van der Waals surface area contributed by atoms with Crippen molar-refractivity contribution >= 4 is 22.4 Å². The van der Waals surface area contributed by atoms with Crippen molar-refractivity contribution < 1.29 is 4.57 Å². The normalized spacial score (nSPS) is 11.0. The first kappa shape index (κ1) is 18.6. The molecule has 0 radical (unpaired) electrons. The van der Waals surface area contributed by atoms with E-state index in [9.17, 15) is 0 Å². The summed E-state index contributed by atoms with van der Waals surface area (Å²) in [7, 11) is 0. The molecule has 0 atom stereocenters. The van der Waals surface area contributed by atoms with E-state index in [4.69, 9.17) is 11.6 Å². The van der Waals surface area contributed by atoms with Crippen LogP contribution in [0.2, 0.25) is 5.02 Å². The molecular weight excluding hydrogens is 386 g/mol. The van der Waals surface area contributed by atoms with Gasteiger partial charge in [-0.2, -0.15) is 4.57 Å². The van der Waals surface area contributed by atoms with Crippen molar-refractivity contribution in [3.63, 3.8) is 0 Å². The molecule has 2 heteroatoms. The first-order valence-electron chi connectivity index (χ1n) is 10.1. The van der Waals surface area contributed by atoms with Crippen LogP contribution in [-0.2, 0) is 6.54 Å². The van der Waals surface area contributed by atoms with Crippen molar-refractivity contribution in [3.8, 4) is 22.4 Å². The number of nitrogens with zero attached hydrogens (tertiary/aromatic N) is 1. The van der Waals surface area contributed by atoms with Gasteiger partial charge in [0.05, 0.1) is 5.56 Å². The van der Waals surface area contributed by atoms with Crippen molar-refractivity contribution in [2.75, 3.05) is 0 Å². The molecule has 0 bridgehead atoms. The Hall–Kier alpha value is -3.42. The average molecular weight is 407 g/mol. The van der Waals surface area contributed by atoms with Crippen LogP contribution in [0.25, 0.3) is 33.2 Å². The molecule has 0 saturated heterocycles. The van der Waals surface area contributed by atoms with Gasteiger partial charge >= 0.3 is 0 Å². The molecule has 0 aliphatic carbocycles. The Balaban J connectivity index is 1.88. The molecule has 30 heavy (non-hydrogen) atoms. The topological polar surface area (TPSA) is 3.88 Å². The molecule has 1 aromatic heterocycles. The summed E-state index contributed by atoms with van der Waals surface area (Å²) in [5, 5.41) is 3.09. The SMILES string of the molecule is Clc1ccc2c[n+](Cc3ccccc3)c(-c3ccccc3)c(-c3ccccc3)c2c1. The molecule has 0 unspecified atom stereocenters. The smallest absolute Gasteiger partial charge is 0.193 e. The summed E-state index contributed by atoms with van der Waals surface area (Å²) in [6.45, 7) is 0.795. The minimum Gasteiger partial charge on any atom is -0.193 e. The number of aromatic nitrogens is 1. The molecule has 5 aromatic rings. The Kier molecular flexibility index (Phi) is 5.04. The molecule has 0 amide bonds. The van der Waals surface area contributed by atoms with Crippen molar-refractivity contribution in [2.45, 2.75) is 6.54 Å². The number of hydrogen-bond donors (Lipinski definition) is 0. The van der Waals surface area contributed by atoms with Crippen molar-refractivity contribution in [1.29, 1.82) is 0 Å². The van der Waals surface area contributed by atoms with Gasteiger partial charge in [-0.1, -0.05) is 90.5 Å².